The van der Waals surface area contributed by atoms with Crippen LogP contribution >= 0.6 is 0 Å². The molecule has 29 heavy (non-hydrogen) atoms. The van der Waals surface area contributed by atoms with E-state index in [1.54, 1.807) is 13.0 Å². The highest BCUT2D eigenvalue weighted by atomic mass is 16.6. The summed E-state index contributed by atoms with van der Waals surface area (Å²) in [6.45, 7) is 2.56. The number of para-hydroxylation sites is 1. The lowest BCUT2D eigenvalue weighted by molar-refractivity contribution is -0.385. The molecule has 3 aliphatic rings. The number of pyridine rings is 1. The lowest BCUT2D eigenvalue weighted by Gasteiger charge is -2.18. The van der Waals surface area contributed by atoms with Crippen LogP contribution in [0.25, 0.3) is 27.8 Å². The Bertz CT molecular complexity index is 1290. The second-order valence-electron chi connectivity index (χ2n) is 7.60. The van der Waals surface area contributed by atoms with Crippen LogP contribution in [0, 0.1) is 17.0 Å². The Kier molecular flexibility index (Phi) is 3.97. The third kappa shape index (κ3) is 2.65. The van der Waals surface area contributed by atoms with Gasteiger partial charge in [0.25, 0.3) is 11.2 Å². The van der Waals surface area contributed by atoms with Crippen molar-refractivity contribution >= 4 is 16.6 Å². The molecule has 7 heteroatoms. The third-order valence-corrected chi connectivity index (χ3v) is 5.81. The van der Waals surface area contributed by atoms with E-state index in [9.17, 15) is 14.9 Å². The fraction of sp³-hybridized carbons (Fsp3) is 0.273. The molecule has 3 aliphatic heterocycles. The second-order valence-corrected chi connectivity index (χ2v) is 7.60. The fourth-order valence-corrected chi connectivity index (χ4v) is 4.42. The molecule has 0 saturated carbocycles. The van der Waals surface area contributed by atoms with Gasteiger partial charge in [-0.2, -0.15) is 9.78 Å². The van der Waals surface area contributed by atoms with E-state index in [0.717, 1.165) is 43.4 Å². The molecule has 7 nitrogen and oxygen atoms in total. The highest BCUT2D eigenvalue weighted by molar-refractivity contribution is 5.97. The number of aromatic nitrogens is 3. The average Bonchev–Trinajstić information content (AvgIpc) is 2.89. The molecule has 0 N–H and O–H groups in total. The quantitative estimate of drug-likeness (QED) is 0.380. The normalized spacial score (nSPS) is 14.1. The predicted octanol–water partition coefficient (Wildman–Crippen LogP) is 4.24. The minimum absolute atomic E-state index is 0.0506. The van der Waals surface area contributed by atoms with Gasteiger partial charge in [0.2, 0.25) is 0 Å². The molecule has 0 spiro atoms. The van der Waals surface area contributed by atoms with Gasteiger partial charge >= 0.3 is 0 Å². The Morgan fingerprint density at radius 2 is 1.90 bits per heavy atom. The van der Waals surface area contributed by atoms with Crippen LogP contribution in [0.4, 0.5) is 5.69 Å². The summed E-state index contributed by atoms with van der Waals surface area (Å²) in [7, 11) is 0. The van der Waals surface area contributed by atoms with Crippen molar-refractivity contribution in [1.29, 1.82) is 0 Å². The first-order valence-corrected chi connectivity index (χ1v) is 9.85. The molecule has 3 heterocycles. The standard InChI is InChI=1S/C22H20N4O3/c1-14-12-19-16(13-18(14)26(28)29)21-20(17-10-6-3-7-11-24(17)19)22(27)25(23-21)15-8-4-2-5-9-15/h2,4-5,8-9,12-13H,3,6-7,10-11H2,1H3. The van der Waals surface area contributed by atoms with E-state index >= 15 is 0 Å². The summed E-state index contributed by atoms with van der Waals surface area (Å²) in [6, 6.07) is 12.7. The Balaban J connectivity index is 1.95. The summed E-state index contributed by atoms with van der Waals surface area (Å²) in [5.74, 6) is 0. The van der Waals surface area contributed by atoms with Gasteiger partial charge in [-0.25, -0.2) is 0 Å². The highest BCUT2D eigenvalue weighted by Gasteiger charge is 2.28. The molecule has 0 radical (unpaired) electrons. The van der Waals surface area contributed by atoms with Crippen LogP contribution < -0.4 is 5.56 Å². The molecule has 0 unspecified atom stereocenters. The van der Waals surface area contributed by atoms with E-state index in [-0.39, 0.29) is 16.2 Å². The van der Waals surface area contributed by atoms with Crippen molar-refractivity contribution in [3.05, 3.63) is 74.2 Å². The van der Waals surface area contributed by atoms with E-state index in [2.05, 4.69) is 9.67 Å². The minimum atomic E-state index is -0.372. The van der Waals surface area contributed by atoms with Crippen LogP contribution in [0.15, 0.2) is 47.3 Å². The number of benzene rings is 2. The fourth-order valence-electron chi connectivity index (χ4n) is 4.42. The molecule has 0 saturated heterocycles. The van der Waals surface area contributed by atoms with Crippen molar-refractivity contribution in [2.45, 2.75) is 39.2 Å². The number of aryl methyl sites for hydroxylation is 2. The maximum atomic E-state index is 13.4. The number of hydrogen-bond acceptors (Lipinski definition) is 4. The Hall–Kier alpha value is -3.48. The van der Waals surface area contributed by atoms with Gasteiger partial charge in [-0.3, -0.25) is 14.9 Å². The zero-order valence-corrected chi connectivity index (χ0v) is 16.1. The number of fused-ring (bicyclic) bond motifs is 6. The highest BCUT2D eigenvalue weighted by Crippen LogP contribution is 2.37. The predicted molar refractivity (Wildman–Crippen MR) is 111 cm³/mol. The Labute approximate surface area is 166 Å². The third-order valence-electron chi connectivity index (χ3n) is 5.81. The van der Waals surface area contributed by atoms with Gasteiger partial charge < -0.3 is 4.57 Å². The van der Waals surface area contributed by atoms with E-state index in [0.29, 0.717) is 27.9 Å². The molecule has 0 aliphatic carbocycles. The zero-order chi connectivity index (χ0) is 20.1. The smallest absolute Gasteiger partial charge is 0.282 e. The van der Waals surface area contributed by atoms with Gasteiger partial charge in [-0.15, -0.1) is 0 Å². The largest absolute Gasteiger partial charge is 0.344 e. The number of nitro benzene ring substituents is 1. The van der Waals surface area contributed by atoms with E-state index in [1.165, 1.54) is 4.68 Å². The molecular formula is C22H20N4O3. The van der Waals surface area contributed by atoms with Crippen molar-refractivity contribution < 1.29 is 4.92 Å². The molecular weight excluding hydrogens is 368 g/mol. The molecule has 0 atom stereocenters. The molecule has 2 aromatic rings. The molecule has 5 rings (SSSR count). The lowest BCUT2D eigenvalue weighted by Crippen LogP contribution is -2.18. The van der Waals surface area contributed by atoms with Gasteiger partial charge in [0.15, 0.2) is 0 Å². The van der Waals surface area contributed by atoms with Gasteiger partial charge in [0.1, 0.15) is 5.69 Å². The van der Waals surface area contributed by atoms with E-state index in [1.807, 2.05) is 36.4 Å². The average molecular weight is 388 g/mol. The number of nitro groups is 1. The molecule has 146 valence electrons. The zero-order valence-electron chi connectivity index (χ0n) is 16.1. The molecule has 0 fully saturated rings. The summed E-state index contributed by atoms with van der Waals surface area (Å²) in [5.41, 5.74) is 4.23. The second kappa shape index (κ2) is 6.55. The SMILES string of the molecule is Cc1cc2c(cc1[N+](=O)[O-])c1nn(-c3ccccc3)c(=O)c-1c1n2CCCCC1. The van der Waals surface area contributed by atoms with Crippen LogP contribution in [0.2, 0.25) is 0 Å². The number of rotatable bonds is 2. The first-order chi connectivity index (χ1) is 14.1. The van der Waals surface area contributed by atoms with Gasteiger partial charge in [-0.05, 0) is 44.4 Å². The van der Waals surface area contributed by atoms with Gasteiger partial charge in [-0.1, -0.05) is 24.6 Å². The topological polar surface area (TPSA) is 83.0 Å². The van der Waals surface area contributed by atoms with Crippen molar-refractivity contribution in [3.8, 4) is 16.9 Å². The van der Waals surface area contributed by atoms with Crippen molar-refractivity contribution in [2.24, 2.45) is 0 Å². The van der Waals surface area contributed by atoms with Gasteiger partial charge in [0.05, 0.1) is 21.7 Å². The van der Waals surface area contributed by atoms with Crippen molar-refractivity contribution in [1.82, 2.24) is 14.3 Å². The summed E-state index contributed by atoms with van der Waals surface area (Å²) in [6.07, 6.45) is 3.94. The first-order valence-electron chi connectivity index (χ1n) is 9.85. The summed E-state index contributed by atoms with van der Waals surface area (Å²) in [4.78, 5) is 24.6. The lowest BCUT2D eigenvalue weighted by atomic mass is 9.99. The summed E-state index contributed by atoms with van der Waals surface area (Å²) >= 11 is 0. The van der Waals surface area contributed by atoms with Crippen molar-refractivity contribution in [2.75, 3.05) is 0 Å². The van der Waals surface area contributed by atoms with Crippen LogP contribution in [0.3, 0.4) is 0 Å². The monoisotopic (exact) mass is 388 g/mol. The van der Waals surface area contributed by atoms with Crippen LogP contribution in [0.1, 0.15) is 30.5 Å². The summed E-state index contributed by atoms with van der Waals surface area (Å²) < 4.78 is 3.60. The maximum absolute atomic E-state index is 13.4. The molecule has 0 bridgehead atoms. The number of hydrogen-bond donors (Lipinski definition) is 0. The Morgan fingerprint density at radius 1 is 1.10 bits per heavy atom. The van der Waals surface area contributed by atoms with E-state index < -0.39 is 0 Å². The molecule has 0 amide bonds. The first kappa shape index (κ1) is 17.6. The van der Waals surface area contributed by atoms with Crippen LogP contribution in [-0.2, 0) is 13.0 Å². The minimum Gasteiger partial charge on any atom is -0.344 e. The molecule has 0 aromatic heterocycles. The number of nitrogens with zero attached hydrogens (tertiary/aromatic N) is 4. The van der Waals surface area contributed by atoms with Crippen LogP contribution in [0.5, 0.6) is 0 Å². The van der Waals surface area contributed by atoms with Crippen molar-refractivity contribution in [3.63, 3.8) is 0 Å². The van der Waals surface area contributed by atoms with E-state index in [4.69, 9.17) is 0 Å². The van der Waals surface area contributed by atoms with Crippen LogP contribution in [-0.4, -0.2) is 19.3 Å². The molecule has 2 aromatic carbocycles. The Morgan fingerprint density at radius 3 is 2.66 bits per heavy atom. The summed E-state index contributed by atoms with van der Waals surface area (Å²) in [5, 5.41) is 16.9. The van der Waals surface area contributed by atoms with Gasteiger partial charge in [0, 0.05) is 29.3 Å². The maximum Gasteiger partial charge on any atom is 0.282 e.